The summed E-state index contributed by atoms with van der Waals surface area (Å²) < 4.78 is 0. The van der Waals surface area contributed by atoms with Crippen LogP contribution in [0, 0.1) is 0 Å². The van der Waals surface area contributed by atoms with Crippen molar-refractivity contribution < 1.29 is 19.8 Å². The molecule has 1 unspecified atom stereocenters. The van der Waals surface area contributed by atoms with Gasteiger partial charge in [0.15, 0.2) is 6.10 Å². The van der Waals surface area contributed by atoms with Crippen LogP contribution in [-0.4, -0.2) is 22.1 Å². The Kier molecular flexibility index (Phi) is 4.01. The molecule has 1 amide bonds. The van der Waals surface area contributed by atoms with Gasteiger partial charge in [-0.3, -0.25) is 4.79 Å². The van der Waals surface area contributed by atoms with Crippen molar-refractivity contribution in [1.82, 2.24) is 0 Å². The molecule has 0 aliphatic heterocycles. The number of nitrogens with one attached hydrogen (secondary N) is 1. The lowest BCUT2D eigenvalue weighted by Gasteiger charge is -2.08. The molecule has 0 spiro atoms. The highest BCUT2D eigenvalue weighted by molar-refractivity contribution is 6.02. The Morgan fingerprint density at radius 1 is 1.29 bits per heavy atom. The molecule has 0 bridgehead atoms. The summed E-state index contributed by atoms with van der Waals surface area (Å²) in [4.78, 5) is 21.8. The SMILES string of the molecule is C=C(C)C(=O)Nc1ccc(C(O)C(=O)O)cc1. The van der Waals surface area contributed by atoms with E-state index in [0.29, 0.717) is 11.3 Å². The Morgan fingerprint density at radius 3 is 2.24 bits per heavy atom. The standard InChI is InChI=1S/C12H13NO4/c1-7(2)11(15)13-9-5-3-8(4-6-9)10(14)12(16)17/h3-6,10,14H,1H2,2H3,(H,13,15)(H,16,17). The van der Waals surface area contributed by atoms with E-state index in [1.165, 1.54) is 24.3 Å². The fourth-order valence-electron chi connectivity index (χ4n) is 1.13. The molecule has 3 N–H and O–H groups in total. The number of carbonyl (C=O) groups is 2. The van der Waals surface area contributed by atoms with Crippen molar-refractivity contribution in [3.05, 3.63) is 42.0 Å². The van der Waals surface area contributed by atoms with Crippen LogP contribution in [0.1, 0.15) is 18.6 Å². The zero-order valence-corrected chi connectivity index (χ0v) is 9.30. The maximum absolute atomic E-state index is 11.3. The number of carbonyl (C=O) groups excluding carboxylic acids is 1. The van der Waals surface area contributed by atoms with Crippen molar-refractivity contribution in [3.63, 3.8) is 0 Å². The predicted molar refractivity (Wildman–Crippen MR) is 62.5 cm³/mol. The zero-order valence-electron chi connectivity index (χ0n) is 9.30. The van der Waals surface area contributed by atoms with Gasteiger partial charge in [-0.1, -0.05) is 18.7 Å². The second-order valence-electron chi connectivity index (χ2n) is 3.60. The van der Waals surface area contributed by atoms with Gasteiger partial charge in [-0.2, -0.15) is 0 Å². The molecular weight excluding hydrogens is 222 g/mol. The number of amides is 1. The molecule has 0 aliphatic rings. The Bertz CT molecular complexity index is 450. The molecule has 1 atom stereocenters. The van der Waals surface area contributed by atoms with Crippen LogP contribution >= 0.6 is 0 Å². The maximum atomic E-state index is 11.3. The molecule has 17 heavy (non-hydrogen) atoms. The molecule has 5 heteroatoms. The molecule has 5 nitrogen and oxygen atoms in total. The monoisotopic (exact) mass is 235 g/mol. The van der Waals surface area contributed by atoms with Crippen LogP contribution < -0.4 is 5.32 Å². The van der Waals surface area contributed by atoms with Gasteiger partial charge in [-0.15, -0.1) is 0 Å². The fourth-order valence-corrected chi connectivity index (χ4v) is 1.13. The molecule has 0 heterocycles. The molecular formula is C12H13NO4. The molecule has 0 fully saturated rings. The third-order valence-electron chi connectivity index (χ3n) is 2.11. The van der Waals surface area contributed by atoms with Crippen LogP contribution in [0.5, 0.6) is 0 Å². The highest BCUT2D eigenvalue weighted by atomic mass is 16.4. The van der Waals surface area contributed by atoms with Gasteiger partial charge in [-0.25, -0.2) is 4.79 Å². The average Bonchev–Trinajstić information content (AvgIpc) is 2.28. The zero-order chi connectivity index (χ0) is 13.0. The molecule has 1 aromatic rings. The van der Waals surface area contributed by atoms with E-state index in [0.717, 1.165) is 0 Å². The van der Waals surface area contributed by atoms with Gasteiger partial charge in [0.05, 0.1) is 0 Å². The van der Waals surface area contributed by atoms with Gasteiger partial charge in [0.2, 0.25) is 0 Å². The minimum absolute atomic E-state index is 0.255. The Hall–Kier alpha value is -2.14. The van der Waals surface area contributed by atoms with E-state index in [2.05, 4.69) is 11.9 Å². The van der Waals surface area contributed by atoms with Crippen molar-refractivity contribution in [3.8, 4) is 0 Å². The fraction of sp³-hybridized carbons (Fsp3) is 0.167. The van der Waals surface area contributed by atoms with E-state index in [1.54, 1.807) is 6.92 Å². The summed E-state index contributed by atoms with van der Waals surface area (Å²) in [6.45, 7) is 5.07. The third-order valence-corrected chi connectivity index (χ3v) is 2.11. The summed E-state index contributed by atoms with van der Waals surface area (Å²) in [7, 11) is 0. The third kappa shape index (κ3) is 3.42. The molecule has 0 aromatic heterocycles. The number of aliphatic hydroxyl groups is 1. The first kappa shape index (κ1) is 12.9. The normalized spacial score (nSPS) is 11.6. The van der Waals surface area contributed by atoms with Gasteiger partial charge in [0.1, 0.15) is 0 Å². The number of carboxylic acids is 1. The van der Waals surface area contributed by atoms with Gasteiger partial charge >= 0.3 is 5.97 Å². The highest BCUT2D eigenvalue weighted by Crippen LogP contribution is 2.16. The van der Waals surface area contributed by atoms with Gasteiger partial charge in [-0.05, 0) is 24.6 Å². The van der Waals surface area contributed by atoms with Gasteiger partial charge in [0, 0.05) is 11.3 Å². The first-order valence-electron chi connectivity index (χ1n) is 4.89. The second-order valence-corrected chi connectivity index (χ2v) is 3.60. The minimum Gasteiger partial charge on any atom is -0.479 e. The Balaban J connectivity index is 2.78. The number of benzene rings is 1. The van der Waals surface area contributed by atoms with Crippen LogP contribution in [-0.2, 0) is 9.59 Å². The smallest absolute Gasteiger partial charge is 0.337 e. The van der Waals surface area contributed by atoms with Crippen LogP contribution in [0.15, 0.2) is 36.4 Å². The molecule has 0 aliphatic carbocycles. The maximum Gasteiger partial charge on any atom is 0.337 e. The first-order chi connectivity index (χ1) is 7.91. The quantitative estimate of drug-likeness (QED) is 0.687. The summed E-state index contributed by atoms with van der Waals surface area (Å²) in [5.41, 5.74) is 1.14. The molecule has 90 valence electrons. The van der Waals surface area contributed by atoms with E-state index < -0.39 is 12.1 Å². The number of carboxylic acid groups (broad SMARTS) is 1. The predicted octanol–water partition coefficient (Wildman–Crippen LogP) is 1.32. The number of hydrogen-bond acceptors (Lipinski definition) is 3. The number of anilines is 1. The molecule has 1 rings (SSSR count). The van der Waals surface area contributed by atoms with E-state index in [4.69, 9.17) is 5.11 Å². The van der Waals surface area contributed by atoms with E-state index in [-0.39, 0.29) is 11.5 Å². The molecule has 1 aromatic carbocycles. The largest absolute Gasteiger partial charge is 0.479 e. The van der Waals surface area contributed by atoms with Crippen molar-refractivity contribution >= 4 is 17.6 Å². The number of hydrogen-bond donors (Lipinski definition) is 3. The van der Waals surface area contributed by atoms with E-state index >= 15 is 0 Å². The summed E-state index contributed by atoms with van der Waals surface area (Å²) in [5, 5.41) is 20.4. The second kappa shape index (κ2) is 5.27. The lowest BCUT2D eigenvalue weighted by molar-refractivity contribution is -0.146. The van der Waals surface area contributed by atoms with Crippen molar-refractivity contribution in [2.75, 3.05) is 5.32 Å². The van der Waals surface area contributed by atoms with Crippen molar-refractivity contribution in [2.45, 2.75) is 13.0 Å². The first-order valence-corrected chi connectivity index (χ1v) is 4.89. The van der Waals surface area contributed by atoms with E-state index in [1.807, 2.05) is 0 Å². The number of aliphatic hydroxyl groups excluding tert-OH is 1. The van der Waals surface area contributed by atoms with E-state index in [9.17, 15) is 14.7 Å². The number of rotatable bonds is 4. The lowest BCUT2D eigenvalue weighted by atomic mass is 10.1. The minimum atomic E-state index is -1.55. The topological polar surface area (TPSA) is 86.6 Å². The van der Waals surface area contributed by atoms with Gasteiger partial charge < -0.3 is 15.5 Å². The van der Waals surface area contributed by atoms with Crippen LogP contribution in [0.25, 0.3) is 0 Å². The van der Waals surface area contributed by atoms with Crippen molar-refractivity contribution in [2.24, 2.45) is 0 Å². The van der Waals surface area contributed by atoms with Crippen LogP contribution in [0.4, 0.5) is 5.69 Å². The summed E-state index contributed by atoms with van der Waals surface area (Å²) in [5.74, 6) is -1.62. The summed E-state index contributed by atoms with van der Waals surface area (Å²) in [6.07, 6.45) is -1.55. The summed E-state index contributed by atoms with van der Waals surface area (Å²) >= 11 is 0. The van der Waals surface area contributed by atoms with Gasteiger partial charge in [0.25, 0.3) is 5.91 Å². The van der Waals surface area contributed by atoms with Crippen LogP contribution in [0.2, 0.25) is 0 Å². The Labute approximate surface area is 98.4 Å². The summed E-state index contributed by atoms with van der Waals surface area (Å²) in [6, 6.07) is 5.91. The number of aliphatic carboxylic acids is 1. The molecule has 0 saturated heterocycles. The van der Waals surface area contributed by atoms with Crippen LogP contribution in [0.3, 0.4) is 0 Å². The molecule has 0 saturated carbocycles. The molecule has 0 radical (unpaired) electrons. The Morgan fingerprint density at radius 2 is 1.82 bits per heavy atom. The lowest BCUT2D eigenvalue weighted by Crippen LogP contribution is -2.13. The van der Waals surface area contributed by atoms with Crippen molar-refractivity contribution in [1.29, 1.82) is 0 Å². The average molecular weight is 235 g/mol. The highest BCUT2D eigenvalue weighted by Gasteiger charge is 2.15.